The summed E-state index contributed by atoms with van der Waals surface area (Å²) in [4.78, 5) is 19.9. The standard InChI is InChI=1S/C24H31N5O4S/c1-2-34(31,32)27-19-3-5-20(6-4-19)28-11-13-29(14-12-28)24(30)17-33-21-7-8-23-22(15-21)18(9-10-25)16-26-23/h3-8,15-16,26-27H,2,9-14,17,25H2,1H3. The summed E-state index contributed by atoms with van der Waals surface area (Å²) in [5.74, 6) is 0.654. The molecule has 0 aliphatic carbocycles. The first-order valence-corrected chi connectivity index (χ1v) is 13.1. The van der Waals surface area contributed by atoms with Gasteiger partial charge in [-0.2, -0.15) is 0 Å². The van der Waals surface area contributed by atoms with Crippen molar-refractivity contribution in [3.8, 4) is 5.75 Å². The van der Waals surface area contributed by atoms with Gasteiger partial charge in [0.2, 0.25) is 10.0 Å². The SMILES string of the molecule is CCS(=O)(=O)Nc1ccc(N2CCN(C(=O)COc3ccc4[nH]cc(CCN)c4c3)CC2)cc1. The zero-order chi connectivity index (χ0) is 24.1. The van der Waals surface area contributed by atoms with E-state index in [1.54, 1.807) is 19.1 Å². The van der Waals surface area contributed by atoms with E-state index in [0.717, 1.165) is 28.6 Å². The van der Waals surface area contributed by atoms with Gasteiger partial charge >= 0.3 is 0 Å². The Bertz CT molecular complexity index is 1230. The second-order valence-corrected chi connectivity index (χ2v) is 10.3. The van der Waals surface area contributed by atoms with Crippen LogP contribution >= 0.6 is 0 Å². The van der Waals surface area contributed by atoms with E-state index in [0.29, 0.717) is 44.2 Å². The van der Waals surface area contributed by atoms with Gasteiger partial charge in [0, 0.05) is 54.7 Å². The fourth-order valence-corrected chi connectivity index (χ4v) is 4.69. The van der Waals surface area contributed by atoms with Crippen LogP contribution in [0.15, 0.2) is 48.7 Å². The smallest absolute Gasteiger partial charge is 0.260 e. The number of nitrogens with zero attached hydrogens (tertiary/aromatic N) is 2. The van der Waals surface area contributed by atoms with Gasteiger partial charge in [-0.15, -0.1) is 0 Å². The van der Waals surface area contributed by atoms with Crippen molar-refractivity contribution in [3.05, 3.63) is 54.2 Å². The molecule has 0 bridgehead atoms. The predicted octanol–water partition coefficient (Wildman–Crippen LogP) is 2.16. The molecule has 34 heavy (non-hydrogen) atoms. The first kappa shape index (κ1) is 23.9. The molecule has 4 rings (SSSR count). The highest BCUT2D eigenvalue weighted by Gasteiger charge is 2.22. The summed E-state index contributed by atoms with van der Waals surface area (Å²) in [6, 6.07) is 13.1. The van der Waals surface area contributed by atoms with Gasteiger partial charge in [0.05, 0.1) is 5.75 Å². The molecule has 0 spiro atoms. The molecule has 0 radical (unpaired) electrons. The van der Waals surface area contributed by atoms with E-state index in [1.165, 1.54) is 0 Å². The Balaban J connectivity index is 1.28. The maximum absolute atomic E-state index is 12.7. The number of aromatic amines is 1. The summed E-state index contributed by atoms with van der Waals surface area (Å²) in [6.07, 6.45) is 2.74. The van der Waals surface area contributed by atoms with Crippen LogP contribution in [0.3, 0.4) is 0 Å². The van der Waals surface area contributed by atoms with Crippen molar-refractivity contribution in [2.24, 2.45) is 5.73 Å². The average Bonchev–Trinajstić information content (AvgIpc) is 3.25. The molecule has 1 aromatic heterocycles. The van der Waals surface area contributed by atoms with Gasteiger partial charge in [-0.1, -0.05) is 0 Å². The van der Waals surface area contributed by atoms with Crippen LogP contribution in [0.25, 0.3) is 10.9 Å². The molecule has 0 atom stereocenters. The number of carbonyl (C=O) groups excluding carboxylic acids is 1. The predicted molar refractivity (Wildman–Crippen MR) is 135 cm³/mol. The molecule has 0 saturated carbocycles. The summed E-state index contributed by atoms with van der Waals surface area (Å²) in [5, 5.41) is 1.07. The number of H-pyrrole nitrogens is 1. The van der Waals surface area contributed by atoms with E-state index in [2.05, 4.69) is 14.6 Å². The lowest BCUT2D eigenvalue weighted by molar-refractivity contribution is -0.133. The van der Waals surface area contributed by atoms with Crippen LogP contribution in [-0.4, -0.2) is 69.3 Å². The average molecular weight is 486 g/mol. The van der Waals surface area contributed by atoms with Gasteiger partial charge in [-0.3, -0.25) is 9.52 Å². The van der Waals surface area contributed by atoms with E-state index in [4.69, 9.17) is 10.5 Å². The van der Waals surface area contributed by atoms with E-state index < -0.39 is 10.0 Å². The topological polar surface area (TPSA) is 121 Å². The van der Waals surface area contributed by atoms with Crippen molar-refractivity contribution >= 4 is 38.2 Å². The molecular weight excluding hydrogens is 454 g/mol. The van der Waals surface area contributed by atoms with E-state index >= 15 is 0 Å². The van der Waals surface area contributed by atoms with Crippen LogP contribution in [0, 0.1) is 0 Å². The number of fused-ring (bicyclic) bond motifs is 1. The number of benzene rings is 2. The van der Waals surface area contributed by atoms with Crippen LogP contribution in [0.4, 0.5) is 11.4 Å². The first-order valence-electron chi connectivity index (χ1n) is 11.4. The number of nitrogens with two attached hydrogens (primary N) is 1. The molecule has 2 aromatic carbocycles. The van der Waals surface area contributed by atoms with Gasteiger partial charge in [0.1, 0.15) is 5.75 Å². The number of rotatable bonds is 9. The summed E-state index contributed by atoms with van der Waals surface area (Å²) in [7, 11) is -3.29. The fourth-order valence-electron chi connectivity index (χ4n) is 4.05. The molecule has 1 fully saturated rings. The van der Waals surface area contributed by atoms with E-state index in [9.17, 15) is 13.2 Å². The number of sulfonamides is 1. The largest absolute Gasteiger partial charge is 0.484 e. The van der Waals surface area contributed by atoms with Gasteiger partial charge < -0.3 is 25.3 Å². The lowest BCUT2D eigenvalue weighted by atomic mass is 10.1. The monoisotopic (exact) mass is 485 g/mol. The first-order chi connectivity index (χ1) is 16.4. The zero-order valence-corrected chi connectivity index (χ0v) is 20.1. The second kappa shape index (κ2) is 10.4. The Morgan fingerprint density at radius 2 is 1.85 bits per heavy atom. The molecule has 1 amide bonds. The van der Waals surface area contributed by atoms with Crippen LogP contribution in [0.5, 0.6) is 5.75 Å². The lowest BCUT2D eigenvalue weighted by Gasteiger charge is -2.36. The highest BCUT2D eigenvalue weighted by Crippen LogP contribution is 2.24. The van der Waals surface area contributed by atoms with Crippen molar-refractivity contribution < 1.29 is 17.9 Å². The third kappa shape index (κ3) is 5.63. The molecule has 0 unspecified atom stereocenters. The van der Waals surface area contributed by atoms with Crippen LogP contribution < -0.4 is 20.1 Å². The third-order valence-corrected chi connectivity index (χ3v) is 7.34. The maximum atomic E-state index is 12.7. The number of hydrogen-bond donors (Lipinski definition) is 3. The van der Waals surface area contributed by atoms with Crippen molar-refractivity contribution in [1.29, 1.82) is 0 Å². The Hall–Kier alpha value is -3.24. The highest BCUT2D eigenvalue weighted by atomic mass is 32.2. The van der Waals surface area contributed by atoms with E-state index in [1.807, 2.05) is 41.4 Å². The maximum Gasteiger partial charge on any atom is 0.260 e. The number of carbonyl (C=O) groups is 1. The Labute approximate surface area is 199 Å². The number of aromatic nitrogens is 1. The number of ether oxygens (including phenoxy) is 1. The summed E-state index contributed by atoms with van der Waals surface area (Å²) in [5.41, 5.74) is 9.39. The zero-order valence-electron chi connectivity index (χ0n) is 19.3. The molecule has 3 aromatic rings. The Morgan fingerprint density at radius 1 is 1.12 bits per heavy atom. The van der Waals surface area contributed by atoms with Crippen LogP contribution in [0.2, 0.25) is 0 Å². The number of amides is 1. The third-order valence-electron chi connectivity index (χ3n) is 6.03. The number of hydrogen-bond acceptors (Lipinski definition) is 6. The van der Waals surface area contributed by atoms with E-state index in [-0.39, 0.29) is 18.3 Å². The molecule has 1 aliphatic heterocycles. The minimum absolute atomic E-state index is 0.00554. The van der Waals surface area contributed by atoms with Gasteiger partial charge in [0.15, 0.2) is 6.61 Å². The second-order valence-electron chi connectivity index (χ2n) is 8.27. The van der Waals surface area contributed by atoms with Crippen LogP contribution in [0.1, 0.15) is 12.5 Å². The minimum Gasteiger partial charge on any atom is -0.484 e. The molecule has 10 heteroatoms. The summed E-state index contributed by atoms with van der Waals surface area (Å²) >= 11 is 0. The molecule has 4 N–H and O–H groups in total. The van der Waals surface area contributed by atoms with Crippen LogP contribution in [-0.2, 0) is 21.2 Å². The van der Waals surface area contributed by atoms with Gasteiger partial charge in [-0.25, -0.2) is 8.42 Å². The fraction of sp³-hybridized carbons (Fsp3) is 0.375. The van der Waals surface area contributed by atoms with Crippen molar-refractivity contribution in [2.45, 2.75) is 13.3 Å². The minimum atomic E-state index is -3.29. The summed E-state index contributed by atoms with van der Waals surface area (Å²) in [6.45, 7) is 4.77. The number of nitrogens with one attached hydrogen (secondary N) is 2. The molecule has 1 aliphatic rings. The molecule has 182 valence electrons. The van der Waals surface area contributed by atoms with Gasteiger partial charge in [0.25, 0.3) is 5.91 Å². The molecule has 1 saturated heterocycles. The van der Waals surface area contributed by atoms with Crippen molar-refractivity contribution in [3.63, 3.8) is 0 Å². The normalized spacial score (nSPS) is 14.4. The lowest BCUT2D eigenvalue weighted by Crippen LogP contribution is -2.50. The van der Waals surface area contributed by atoms with Crippen molar-refractivity contribution in [1.82, 2.24) is 9.88 Å². The van der Waals surface area contributed by atoms with Gasteiger partial charge in [-0.05, 0) is 67.9 Å². The summed E-state index contributed by atoms with van der Waals surface area (Å²) < 4.78 is 31.8. The Morgan fingerprint density at radius 3 is 2.53 bits per heavy atom. The number of piperazine rings is 1. The quantitative estimate of drug-likeness (QED) is 0.427. The number of anilines is 2. The highest BCUT2D eigenvalue weighted by molar-refractivity contribution is 7.92. The molecular formula is C24H31N5O4S. The molecule has 9 nitrogen and oxygen atoms in total. The Kier molecular flexibility index (Phi) is 7.28. The van der Waals surface area contributed by atoms with Crippen molar-refractivity contribution in [2.75, 3.05) is 54.7 Å². The molecule has 2 heterocycles.